The number of imidazole rings is 1. The Morgan fingerprint density at radius 1 is 1.40 bits per heavy atom. The summed E-state index contributed by atoms with van der Waals surface area (Å²) in [5, 5.41) is 0. The normalized spacial score (nSPS) is 11.9. The first kappa shape index (κ1) is 14.4. The standard InChI is InChI=1S/C15H19BN2O2/c1-4-20-14(19)13(12-8-6-5-7-9-12)16-15-17(2)10-11-18(15)3/h5-11,13H,4H2,1-3H3/q+1/t13-/m1/s1. The molecule has 0 saturated carbocycles. The van der Waals surface area contributed by atoms with Gasteiger partial charge in [-0.3, -0.25) is 4.79 Å². The Hall–Kier alpha value is -2.04. The van der Waals surface area contributed by atoms with E-state index in [1.165, 1.54) is 0 Å². The summed E-state index contributed by atoms with van der Waals surface area (Å²) in [4.78, 5) is 12.2. The van der Waals surface area contributed by atoms with E-state index in [-0.39, 0.29) is 5.97 Å². The highest BCUT2D eigenvalue weighted by Gasteiger charge is 2.29. The van der Waals surface area contributed by atoms with E-state index in [1.54, 1.807) is 0 Å². The van der Waals surface area contributed by atoms with Crippen molar-refractivity contribution in [3.8, 4) is 0 Å². The second kappa shape index (κ2) is 6.41. The summed E-state index contributed by atoms with van der Waals surface area (Å²) in [6.07, 6.45) is 3.91. The molecule has 5 heteroatoms. The van der Waals surface area contributed by atoms with Crippen LogP contribution in [0.2, 0.25) is 0 Å². The first-order valence-electron chi connectivity index (χ1n) is 6.71. The first-order valence-corrected chi connectivity index (χ1v) is 6.71. The number of nitrogens with zero attached hydrogens (tertiary/aromatic N) is 2. The van der Waals surface area contributed by atoms with Crippen LogP contribution in [-0.4, -0.2) is 24.4 Å². The van der Waals surface area contributed by atoms with Crippen molar-refractivity contribution in [1.82, 2.24) is 4.57 Å². The van der Waals surface area contributed by atoms with E-state index in [1.807, 2.05) is 80.2 Å². The Bertz CT molecular complexity index is 561. The fourth-order valence-electron chi connectivity index (χ4n) is 2.18. The van der Waals surface area contributed by atoms with Crippen LogP contribution in [0.1, 0.15) is 18.3 Å². The molecule has 0 amide bonds. The average Bonchev–Trinajstić information content (AvgIpc) is 2.77. The van der Waals surface area contributed by atoms with Gasteiger partial charge in [-0.1, -0.05) is 30.3 Å². The van der Waals surface area contributed by atoms with Crippen LogP contribution < -0.4 is 10.3 Å². The van der Waals surface area contributed by atoms with E-state index < -0.39 is 5.82 Å². The lowest BCUT2D eigenvalue weighted by molar-refractivity contribution is -0.653. The zero-order valence-corrected chi connectivity index (χ0v) is 12.1. The third kappa shape index (κ3) is 3.10. The van der Waals surface area contributed by atoms with Gasteiger partial charge in [-0.25, -0.2) is 9.13 Å². The smallest absolute Gasteiger partial charge is 0.306 e. The maximum atomic E-state index is 12.2. The zero-order valence-electron chi connectivity index (χ0n) is 12.1. The fraction of sp³-hybridized carbons (Fsp3) is 0.333. The lowest BCUT2D eigenvalue weighted by atomic mass is 9.60. The van der Waals surface area contributed by atoms with E-state index in [4.69, 9.17) is 4.74 Å². The summed E-state index contributed by atoms with van der Waals surface area (Å²) in [7, 11) is 5.85. The van der Waals surface area contributed by atoms with Crippen LogP contribution in [0, 0.1) is 0 Å². The van der Waals surface area contributed by atoms with Crippen LogP contribution in [0.5, 0.6) is 0 Å². The number of carbonyl (C=O) groups is 1. The summed E-state index contributed by atoms with van der Waals surface area (Å²) in [6.45, 7) is 2.21. The quantitative estimate of drug-likeness (QED) is 0.450. The van der Waals surface area contributed by atoms with Gasteiger partial charge < -0.3 is 4.74 Å². The number of aromatic nitrogens is 2. The highest BCUT2D eigenvalue weighted by molar-refractivity contribution is 6.56. The lowest BCUT2D eigenvalue weighted by Crippen LogP contribution is -2.52. The molecule has 0 spiro atoms. The highest BCUT2D eigenvalue weighted by atomic mass is 16.5. The highest BCUT2D eigenvalue weighted by Crippen LogP contribution is 2.15. The molecule has 0 bridgehead atoms. The minimum absolute atomic E-state index is 0.222. The average molecular weight is 270 g/mol. The van der Waals surface area contributed by atoms with E-state index in [2.05, 4.69) is 0 Å². The third-order valence-electron chi connectivity index (χ3n) is 3.25. The zero-order chi connectivity index (χ0) is 14.5. The molecule has 0 aliphatic heterocycles. The molecule has 0 aliphatic rings. The monoisotopic (exact) mass is 270 g/mol. The molecule has 1 aromatic heterocycles. The van der Waals surface area contributed by atoms with Crippen LogP contribution in [0.15, 0.2) is 42.7 Å². The van der Waals surface area contributed by atoms with Crippen molar-refractivity contribution in [1.29, 1.82) is 0 Å². The second-order valence-corrected chi connectivity index (χ2v) is 4.69. The molecular formula is C15H19BN2O2+. The van der Waals surface area contributed by atoms with E-state index in [9.17, 15) is 4.79 Å². The molecule has 20 heavy (non-hydrogen) atoms. The van der Waals surface area contributed by atoms with Crippen LogP contribution in [0.3, 0.4) is 0 Å². The van der Waals surface area contributed by atoms with Crippen molar-refractivity contribution in [3.63, 3.8) is 0 Å². The topological polar surface area (TPSA) is 35.1 Å². The number of aryl methyl sites for hydroxylation is 2. The SMILES string of the molecule is CCOC(=O)[C@H]([B]c1n(C)cc[n+]1C)c1ccccc1. The summed E-state index contributed by atoms with van der Waals surface area (Å²) in [6, 6.07) is 9.69. The number of esters is 1. The Kier molecular flexibility index (Phi) is 4.61. The molecule has 4 nitrogen and oxygen atoms in total. The van der Waals surface area contributed by atoms with Gasteiger partial charge >= 0.3 is 5.97 Å². The van der Waals surface area contributed by atoms with Crippen molar-refractivity contribution < 1.29 is 14.1 Å². The van der Waals surface area contributed by atoms with Gasteiger partial charge in [0.05, 0.1) is 26.5 Å². The van der Waals surface area contributed by atoms with Crippen LogP contribution in [-0.2, 0) is 23.6 Å². The molecule has 2 rings (SSSR count). The predicted molar refractivity (Wildman–Crippen MR) is 77.8 cm³/mol. The van der Waals surface area contributed by atoms with Crippen molar-refractivity contribution in [2.24, 2.45) is 14.1 Å². The summed E-state index contributed by atoms with van der Waals surface area (Å²) < 4.78 is 9.16. The maximum absolute atomic E-state index is 12.2. The molecule has 1 radical (unpaired) electrons. The van der Waals surface area contributed by atoms with Crippen molar-refractivity contribution in [3.05, 3.63) is 48.3 Å². The van der Waals surface area contributed by atoms with Gasteiger partial charge in [-0.2, -0.15) is 0 Å². The number of hydrogen-bond acceptors (Lipinski definition) is 2. The van der Waals surface area contributed by atoms with Crippen LogP contribution in [0.4, 0.5) is 0 Å². The van der Waals surface area contributed by atoms with Crippen LogP contribution >= 0.6 is 0 Å². The molecule has 2 aromatic rings. The van der Waals surface area contributed by atoms with Crippen molar-refractivity contribution in [2.75, 3.05) is 6.61 Å². The van der Waals surface area contributed by atoms with Gasteiger partial charge in [-0.05, 0) is 12.5 Å². The minimum Gasteiger partial charge on any atom is -0.466 e. The van der Waals surface area contributed by atoms with E-state index in [0.717, 1.165) is 11.3 Å². The Labute approximate surface area is 120 Å². The Morgan fingerprint density at radius 3 is 2.65 bits per heavy atom. The summed E-state index contributed by atoms with van der Waals surface area (Å²) in [5.74, 6) is -0.615. The molecule has 1 heterocycles. The number of benzene rings is 1. The third-order valence-corrected chi connectivity index (χ3v) is 3.25. The Balaban J connectivity index is 2.30. The summed E-state index contributed by atoms with van der Waals surface area (Å²) >= 11 is 0. The molecule has 0 aliphatic carbocycles. The number of ether oxygens (including phenoxy) is 1. The summed E-state index contributed by atoms with van der Waals surface area (Å²) in [5.41, 5.74) is 1.90. The largest absolute Gasteiger partial charge is 0.466 e. The Morgan fingerprint density at radius 2 is 2.10 bits per heavy atom. The van der Waals surface area contributed by atoms with E-state index >= 15 is 0 Å². The molecule has 103 valence electrons. The van der Waals surface area contributed by atoms with Gasteiger partial charge in [0.1, 0.15) is 12.4 Å². The molecule has 0 N–H and O–H groups in total. The van der Waals surface area contributed by atoms with Crippen LogP contribution in [0.25, 0.3) is 0 Å². The fourth-order valence-corrected chi connectivity index (χ4v) is 2.18. The number of rotatable bonds is 5. The van der Waals surface area contributed by atoms with Crippen molar-refractivity contribution >= 4 is 19.0 Å². The molecule has 0 saturated heterocycles. The minimum atomic E-state index is -0.393. The second-order valence-electron chi connectivity index (χ2n) is 4.69. The molecule has 0 unspecified atom stereocenters. The van der Waals surface area contributed by atoms with Crippen molar-refractivity contribution in [2.45, 2.75) is 12.7 Å². The molecular weight excluding hydrogens is 251 g/mol. The van der Waals surface area contributed by atoms with Gasteiger partial charge in [0.25, 0.3) is 7.28 Å². The number of hydrogen-bond donors (Lipinski definition) is 0. The van der Waals surface area contributed by atoms with Gasteiger partial charge in [0, 0.05) is 0 Å². The van der Waals surface area contributed by atoms with Gasteiger partial charge in [-0.15, -0.1) is 0 Å². The van der Waals surface area contributed by atoms with E-state index in [0.29, 0.717) is 6.61 Å². The maximum Gasteiger partial charge on any atom is 0.306 e. The first-order chi connectivity index (χ1) is 9.63. The molecule has 0 fully saturated rings. The lowest BCUT2D eigenvalue weighted by Gasteiger charge is -2.13. The molecule has 1 aromatic carbocycles. The predicted octanol–water partition coefficient (Wildman–Crippen LogP) is 0.484. The number of carbonyl (C=O) groups excluding carboxylic acids is 1. The van der Waals surface area contributed by atoms with Gasteiger partial charge in [0.2, 0.25) is 0 Å². The van der Waals surface area contributed by atoms with Gasteiger partial charge in [0.15, 0.2) is 5.72 Å². The molecule has 1 atom stereocenters.